The maximum Gasteiger partial charge on any atom is 0.166 e. The van der Waals surface area contributed by atoms with E-state index in [-0.39, 0.29) is 6.10 Å². The van der Waals surface area contributed by atoms with Crippen LogP contribution in [-0.4, -0.2) is 34.3 Å². The third-order valence-electron chi connectivity index (χ3n) is 5.00. The molecule has 0 aliphatic heterocycles. The van der Waals surface area contributed by atoms with Crippen LogP contribution >= 0.6 is 11.8 Å². The molecule has 150 valence electrons. The summed E-state index contributed by atoms with van der Waals surface area (Å²) in [5.41, 5.74) is 6.70. The summed E-state index contributed by atoms with van der Waals surface area (Å²) in [4.78, 5) is 12.6. The van der Waals surface area contributed by atoms with Gasteiger partial charge in [-0.2, -0.15) is 0 Å². The molecule has 1 aromatic carbocycles. The number of H-pyrrole nitrogens is 1. The fraction of sp³-hybridized carbons (Fsp3) is 0.455. The highest BCUT2D eigenvalue weighted by atomic mass is 32.2. The minimum absolute atomic E-state index is 0.269. The van der Waals surface area contributed by atoms with Gasteiger partial charge in [-0.05, 0) is 63.4 Å². The number of hydrogen-bond acceptors (Lipinski definition) is 5. The minimum atomic E-state index is 0.269. The SMILES string of the molecule is CCC(C)OCCOc1ccnc(CSc2nc3cc(C)c(C)cc3[nH]2)c1C. The largest absolute Gasteiger partial charge is 0.491 e. The van der Waals surface area contributed by atoms with E-state index < -0.39 is 0 Å². The summed E-state index contributed by atoms with van der Waals surface area (Å²) < 4.78 is 11.6. The molecule has 2 heterocycles. The van der Waals surface area contributed by atoms with E-state index in [0.29, 0.717) is 13.2 Å². The van der Waals surface area contributed by atoms with Crippen LogP contribution in [0.25, 0.3) is 11.0 Å². The molecule has 6 heteroatoms. The molecule has 0 aliphatic rings. The predicted molar refractivity (Wildman–Crippen MR) is 115 cm³/mol. The lowest BCUT2D eigenvalue weighted by molar-refractivity contribution is 0.0425. The molecule has 0 bridgehead atoms. The molecule has 1 atom stereocenters. The molecule has 3 aromatic rings. The third kappa shape index (κ3) is 5.06. The highest BCUT2D eigenvalue weighted by Gasteiger charge is 2.10. The van der Waals surface area contributed by atoms with Gasteiger partial charge in [0.15, 0.2) is 5.16 Å². The Morgan fingerprint density at radius 2 is 1.93 bits per heavy atom. The number of fused-ring (bicyclic) bond motifs is 1. The van der Waals surface area contributed by atoms with Gasteiger partial charge in [-0.15, -0.1) is 0 Å². The summed E-state index contributed by atoms with van der Waals surface area (Å²) >= 11 is 1.66. The van der Waals surface area contributed by atoms with Crippen LogP contribution in [0.2, 0.25) is 0 Å². The molecule has 0 spiro atoms. The number of nitrogens with one attached hydrogen (secondary N) is 1. The van der Waals surface area contributed by atoms with Crippen molar-refractivity contribution in [2.24, 2.45) is 0 Å². The number of aromatic amines is 1. The molecule has 1 unspecified atom stereocenters. The molecular weight excluding hydrogens is 370 g/mol. The lowest BCUT2D eigenvalue weighted by atomic mass is 10.1. The van der Waals surface area contributed by atoms with Crippen LogP contribution in [0.15, 0.2) is 29.6 Å². The Bertz CT molecular complexity index is 900. The number of rotatable bonds is 9. The zero-order valence-corrected chi connectivity index (χ0v) is 18.2. The quantitative estimate of drug-likeness (QED) is 0.387. The van der Waals surface area contributed by atoms with Crippen molar-refractivity contribution in [2.45, 2.75) is 58.1 Å². The van der Waals surface area contributed by atoms with Crippen LogP contribution in [0.1, 0.15) is 42.7 Å². The van der Waals surface area contributed by atoms with Crippen molar-refractivity contribution in [3.05, 3.63) is 46.8 Å². The number of imidazole rings is 1. The molecule has 0 saturated carbocycles. The topological polar surface area (TPSA) is 60.0 Å². The fourth-order valence-corrected chi connectivity index (χ4v) is 3.74. The second kappa shape index (κ2) is 9.43. The second-order valence-electron chi connectivity index (χ2n) is 7.10. The highest BCUT2D eigenvalue weighted by Crippen LogP contribution is 2.27. The summed E-state index contributed by atoms with van der Waals surface area (Å²) in [6.45, 7) is 11.6. The fourth-order valence-electron chi connectivity index (χ4n) is 2.83. The molecule has 3 rings (SSSR count). The van der Waals surface area contributed by atoms with Gasteiger partial charge in [0, 0.05) is 17.5 Å². The van der Waals surface area contributed by atoms with Gasteiger partial charge in [0.1, 0.15) is 12.4 Å². The number of pyridine rings is 1. The number of aromatic nitrogens is 3. The van der Waals surface area contributed by atoms with Gasteiger partial charge in [0.25, 0.3) is 0 Å². The summed E-state index contributed by atoms with van der Waals surface area (Å²) in [6.07, 6.45) is 3.08. The van der Waals surface area contributed by atoms with Gasteiger partial charge in [0.05, 0.1) is 29.4 Å². The smallest absolute Gasteiger partial charge is 0.166 e. The van der Waals surface area contributed by atoms with Gasteiger partial charge >= 0.3 is 0 Å². The van der Waals surface area contributed by atoms with Crippen molar-refractivity contribution >= 4 is 22.8 Å². The first-order valence-corrected chi connectivity index (χ1v) is 10.7. The zero-order chi connectivity index (χ0) is 20.1. The molecule has 0 fully saturated rings. The van der Waals surface area contributed by atoms with Crippen LogP contribution in [0.5, 0.6) is 5.75 Å². The number of thioether (sulfide) groups is 1. The van der Waals surface area contributed by atoms with Crippen molar-refractivity contribution in [1.29, 1.82) is 0 Å². The van der Waals surface area contributed by atoms with Crippen LogP contribution in [0, 0.1) is 20.8 Å². The molecule has 0 aliphatic carbocycles. The average Bonchev–Trinajstić information content (AvgIpc) is 3.07. The van der Waals surface area contributed by atoms with Crippen LogP contribution in [0.3, 0.4) is 0 Å². The predicted octanol–water partition coefficient (Wildman–Crippen LogP) is 5.37. The van der Waals surface area contributed by atoms with Crippen molar-refractivity contribution in [3.63, 3.8) is 0 Å². The Balaban J connectivity index is 1.61. The Hall–Kier alpha value is -2.05. The number of aryl methyl sites for hydroxylation is 2. The van der Waals surface area contributed by atoms with E-state index >= 15 is 0 Å². The Morgan fingerprint density at radius 3 is 2.71 bits per heavy atom. The second-order valence-corrected chi connectivity index (χ2v) is 8.07. The lowest BCUT2D eigenvalue weighted by Gasteiger charge is -2.13. The van der Waals surface area contributed by atoms with Crippen molar-refractivity contribution in [1.82, 2.24) is 15.0 Å². The van der Waals surface area contributed by atoms with Crippen molar-refractivity contribution in [3.8, 4) is 5.75 Å². The molecule has 0 saturated heterocycles. The van der Waals surface area contributed by atoms with Gasteiger partial charge in [-0.25, -0.2) is 4.98 Å². The highest BCUT2D eigenvalue weighted by molar-refractivity contribution is 7.98. The number of benzene rings is 1. The summed E-state index contributed by atoms with van der Waals surface area (Å²) in [5, 5.41) is 0.912. The number of hydrogen-bond donors (Lipinski definition) is 1. The first kappa shape index (κ1) is 20.7. The van der Waals surface area contributed by atoms with E-state index in [1.807, 2.05) is 6.07 Å². The molecule has 0 radical (unpaired) electrons. The van der Waals surface area contributed by atoms with Crippen LogP contribution in [-0.2, 0) is 10.5 Å². The van der Waals surface area contributed by atoms with E-state index in [4.69, 9.17) is 14.5 Å². The van der Waals surface area contributed by atoms with E-state index in [9.17, 15) is 0 Å². The van der Waals surface area contributed by atoms with Gasteiger partial charge < -0.3 is 14.5 Å². The molecule has 5 nitrogen and oxygen atoms in total. The number of ether oxygens (including phenoxy) is 2. The Kier molecular flexibility index (Phi) is 6.97. The minimum Gasteiger partial charge on any atom is -0.491 e. The normalized spacial score (nSPS) is 12.5. The van der Waals surface area contributed by atoms with Crippen LogP contribution < -0.4 is 4.74 Å². The zero-order valence-electron chi connectivity index (χ0n) is 17.3. The number of nitrogens with zero attached hydrogens (tertiary/aromatic N) is 2. The molecular formula is C22H29N3O2S. The molecule has 28 heavy (non-hydrogen) atoms. The maximum absolute atomic E-state index is 5.90. The van der Waals surface area contributed by atoms with Gasteiger partial charge in [-0.1, -0.05) is 18.7 Å². The molecule has 0 amide bonds. The summed E-state index contributed by atoms with van der Waals surface area (Å²) in [7, 11) is 0. The van der Waals surface area contributed by atoms with E-state index in [1.165, 1.54) is 11.1 Å². The Labute approximate surface area is 171 Å². The third-order valence-corrected chi connectivity index (χ3v) is 5.88. The van der Waals surface area contributed by atoms with E-state index in [1.54, 1.807) is 18.0 Å². The summed E-state index contributed by atoms with van der Waals surface area (Å²) in [5.74, 6) is 1.61. The Morgan fingerprint density at radius 1 is 1.14 bits per heavy atom. The van der Waals surface area contributed by atoms with Crippen molar-refractivity contribution in [2.75, 3.05) is 13.2 Å². The standard InChI is InChI=1S/C22H29N3O2S/c1-6-16(4)26-9-10-27-21-7-8-23-20(17(21)5)13-28-22-24-18-11-14(2)15(3)12-19(18)25-22/h7-8,11-12,16H,6,9-10,13H2,1-5H3,(H,24,25). The monoisotopic (exact) mass is 399 g/mol. The van der Waals surface area contributed by atoms with E-state index in [0.717, 1.165) is 45.4 Å². The average molecular weight is 400 g/mol. The lowest BCUT2D eigenvalue weighted by Crippen LogP contribution is -2.13. The van der Waals surface area contributed by atoms with Crippen LogP contribution in [0.4, 0.5) is 0 Å². The van der Waals surface area contributed by atoms with Gasteiger partial charge in [0.2, 0.25) is 0 Å². The first-order chi connectivity index (χ1) is 13.5. The maximum atomic E-state index is 5.90. The molecule has 2 aromatic heterocycles. The van der Waals surface area contributed by atoms with Gasteiger partial charge in [-0.3, -0.25) is 4.98 Å². The summed E-state index contributed by atoms with van der Waals surface area (Å²) in [6, 6.07) is 6.20. The molecule has 1 N–H and O–H groups in total. The van der Waals surface area contributed by atoms with E-state index in [2.05, 4.69) is 56.7 Å². The van der Waals surface area contributed by atoms with Crippen molar-refractivity contribution < 1.29 is 9.47 Å². The first-order valence-electron chi connectivity index (χ1n) is 9.76.